The second-order valence-electron chi connectivity index (χ2n) is 5.62. The molecule has 0 unspecified atom stereocenters. The third kappa shape index (κ3) is 4.29. The predicted octanol–water partition coefficient (Wildman–Crippen LogP) is 3.22. The number of nitrogens with one attached hydrogen (secondary N) is 2. The van der Waals surface area contributed by atoms with Crippen LogP contribution in [-0.4, -0.2) is 29.1 Å². The van der Waals surface area contributed by atoms with Crippen molar-refractivity contribution in [2.75, 3.05) is 13.2 Å². The Morgan fingerprint density at radius 2 is 1.80 bits per heavy atom. The summed E-state index contributed by atoms with van der Waals surface area (Å²) in [7, 11) is 0. The third-order valence-electron chi connectivity index (χ3n) is 3.70. The quantitative estimate of drug-likeness (QED) is 0.693. The Balaban J connectivity index is 1.53. The molecule has 2 N–H and O–H groups in total. The Hall–Kier alpha value is -3.02. The van der Waals surface area contributed by atoms with Crippen LogP contribution in [0.4, 0.5) is 0 Å². The molecule has 25 heavy (non-hydrogen) atoms. The Morgan fingerprint density at radius 1 is 1.12 bits per heavy atom. The first kappa shape index (κ1) is 16.8. The highest BCUT2D eigenvalue weighted by atomic mass is 16.5. The zero-order valence-electron chi connectivity index (χ0n) is 14.3. The van der Waals surface area contributed by atoms with Gasteiger partial charge < -0.3 is 19.8 Å². The average molecular weight is 339 g/mol. The van der Waals surface area contributed by atoms with Gasteiger partial charge in [-0.2, -0.15) is 0 Å². The van der Waals surface area contributed by atoms with Crippen molar-refractivity contribution in [3.63, 3.8) is 0 Å². The van der Waals surface area contributed by atoms with E-state index >= 15 is 0 Å². The first-order valence-corrected chi connectivity index (χ1v) is 8.25. The number of hydrogen-bond acceptors (Lipinski definition) is 4. The SMILES string of the molecule is CCOc1ccc(OCC(=O)N[C@@H](C)c2nc3ccccc3[nH]2)cc1. The van der Waals surface area contributed by atoms with Crippen molar-refractivity contribution in [3.8, 4) is 11.5 Å². The lowest BCUT2D eigenvalue weighted by molar-refractivity contribution is -0.123. The van der Waals surface area contributed by atoms with Gasteiger partial charge in [-0.25, -0.2) is 4.98 Å². The van der Waals surface area contributed by atoms with Crippen molar-refractivity contribution in [1.82, 2.24) is 15.3 Å². The summed E-state index contributed by atoms with van der Waals surface area (Å²) in [5.41, 5.74) is 1.83. The number of para-hydroxylation sites is 2. The van der Waals surface area contributed by atoms with Gasteiger partial charge in [0, 0.05) is 0 Å². The smallest absolute Gasteiger partial charge is 0.258 e. The van der Waals surface area contributed by atoms with Gasteiger partial charge in [-0.3, -0.25) is 4.79 Å². The minimum Gasteiger partial charge on any atom is -0.494 e. The summed E-state index contributed by atoms with van der Waals surface area (Å²) in [6, 6.07) is 14.7. The fourth-order valence-corrected chi connectivity index (χ4v) is 2.48. The molecule has 1 atom stereocenters. The van der Waals surface area contributed by atoms with Gasteiger partial charge in [0.15, 0.2) is 6.61 Å². The van der Waals surface area contributed by atoms with Gasteiger partial charge in [-0.1, -0.05) is 12.1 Å². The standard InChI is InChI=1S/C19H21N3O3/c1-3-24-14-8-10-15(11-9-14)25-12-18(23)20-13(2)19-21-16-6-4-5-7-17(16)22-19/h4-11,13H,3,12H2,1-2H3,(H,20,23)(H,21,22)/t13-/m0/s1. The highest BCUT2D eigenvalue weighted by molar-refractivity contribution is 5.78. The molecule has 0 radical (unpaired) electrons. The molecule has 6 nitrogen and oxygen atoms in total. The molecule has 1 aromatic heterocycles. The van der Waals surface area contributed by atoms with E-state index in [2.05, 4.69) is 15.3 Å². The van der Waals surface area contributed by atoms with E-state index in [9.17, 15) is 4.79 Å². The van der Waals surface area contributed by atoms with E-state index in [1.807, 2.05) is 50.2 Å². The van der Waals surface area contributed by atoms with Crippen LogP contribution in [0.25, 0.3) is 11.0 Å². The number of hydrogen-bond donors (Lipinski definition) is 2. The molecule has 0 saturated heterocycles. The molecule has 1 amide bonds. The maximum Gasteiger partial charge on any atom is 0.258 e. The Kier molecular flexibility index (Phi) is 5.18. The molecule has 0 aliphatic rings. The molecule has 3 rings (SSSR count). The van der Waals surface area contributed by atoms with Gasteiger partial charge in [0.25, 0.3) is 5.91 Å². The highest BCUT2D eigenvalue weighted by Crippen LogP contribution is 2.18. The molecular formula is C19H21N3O3. The summed E-state index contributed by atoms with van der Waals surface area (Å²) in [6.45, 7) is 4.37. The van der Waals surface area contributed by atoms with Crippen molar-refractivity contribution in [1.29, 1.82) is 0 Å². The van der Waals surface area contributed by atoms with Gasteiger partial charge in [-0.15, -0.1) is 0 Å². The normalized spacial score (nSPS) is 11.9. The Bertz CT molecular complexity index is 810. The van der Waals surface area contributed by atoms with Crippen molar-refractivity contribution in [2.24, 2.45) is 0 Å². The first-order valence-electron chi connectivity index (χ1n) is 8.25. The topological polar surface area (TPSA) is 76.2 Å². The van der Waals surface area contributed by atoms with Gasteiger partial charge in [0.1, 0.15) is 17.3 Å². The lowest BCUT2D eigenvalue weighted by atomic mass is 10.3. The summed E-state index contributed by atoms with van der Waals surface area (Å²) in [5, 5.41) is 2.88. The second-order valence-corrected chi connectivity index (χ2v) is 5.62. The van der Waals surface area contributed by atoms with Crippen LogP contribution in [-0.2, 0) is 4.79 Å². The summed E-state index contributed by atoms with van der Waals surface area (Å²) in [4.78, 5) is 19.8. The van der Waals surface area contributed by atoms with Gasteiger partial charge >= 0.3 is 0 Å². The number of aromatic amines is 1. The molecule has 0 aliphatic carbocycles. The summed E-state index contributed by atoms with van der Waals surface area (Å²) in [6.07, 6.45) is 0. The highest BCUT2D eigenvalue weighted by Gasteiger charge is 2.14. The van der Waals surface area contributed by atoms with Crippen molar-refractivity contribution in [2.45, 2.75) is 19.9 Å². The number of fused-ring (bicyclic) bond motifs is 1. The molecule has 130 valence electrons. The van der Waals surface area contributed by atoms with Gasteiger partial charge in [-0.05, 0) is 50.2 Å². The van der Waals surface area contributed by atoms with Crippen LogP contribution in [0.2, 0.25) is 0 Å². The lowest BCUT2D eigenvalue weighted by Crippen LogP contribution is -2.31. The van der Waals surface area contributed by atoms with E-state index in [0.29, 0.717) is 12.4 Å². The molecule has 0 spiro atoms. The van der Waals surface area contributed by atoms with E-state index in [1.165, 1.54) is 0 Å². The van der Waals surface area contributed by atoms with Gasteiger partial charge in [0.05, 0.1) is 23.7 Å². The van der Waals surface area contributed by atoms with Crippen LogP contribution in [0, 0.1) is 0 Å². The van der Waals surface area contributed by atoms with Crippen LogP contribution < -0.4 is 14.8 Å². The minimum absolute atomic E-state index is 0.0570. The second kappa shape index (κ2) is 7.70. The minimum atomic E-state index is -0.233. The largest absolute Gasteiger partial charge is 0.494 e. The van der Waals surface area contributed by atoms with Crippen molar-refractivity contribution in [3.05, 3.63) is 54.4 Å². The van der Waals surface area contributed by atoms with E-state index in [1.54, 1.807) is 12.1 Å². The number of rotatable bonds is 7. The van der Waals surface area contributed by atoms with E-state index in [4.69, 9.17) is 9.47 Å². The Labute approximate surface area is 146 Å². The molecule has 0 aliphatic heterocycles. The van der Waals surface area contributed by atoms with Crippen LogP contribution in [0.3, 0.4) is 0 Å². The van der Waals surface area contributed by atoms with Crippen LogP contribution >= 0.6 is 0 Å². The maximum atomic E-state index is 12.1. The number of benzene rings is 2. The van der Waals surface area contributed by atoms with Crippen LogP contribution in [0.1, 0.15) is 25.7 Å². The molecule has 0 saturated carbocycles. The number of carbonyl (C=O) groups is 1. The summed E-state index contributed by atoms with van der Waals surface area (Å²) >= 11 is 0. The number of H-pyrrole nitrogens is 1. The summed E-state index contributed by atoms with van der Waals surface area (Å²) in [5.74, 6) is 1.91. The molecule has 0 bridgehead atoms. The number of aromatic nitrogens is 2. The average Bonchev–Trinajstić information content (AvgIpc) is 3.06. The van der Waals surface area contributed by atoms with E-state index in [0.717, 1.165) is 22.6 Å². The fourth-order valence-electron chi connectivity index (χ4n) is 2.48. The predicted molar refractivity (Wildman–Crippen MR) is 95.8 cm³/mol. The monoisotopic (exact) mass is 339 g/mol. The number of ether oxygens (including phenoxy) is 2. The van der Waals surface area contributed by atoms with E-state index in [-0.39, 0.29) is 18.6 Å². The number of carbonyl (C=O) groups excluding carboxylic acids is 1. The zero-order valence-corrected chi connectivity index (χ0v) is 14.3. The first-order chi connectivity index (χ1) is 12.2. The lowest BCUT2D eigenvalue weighted by Gasteiger charge is -2.12. The molecule has 3 aromatic rings. The van der Waals surface area contributed by atoms with Gasteiger partial charge in [0.2, 0.25) is 0 Å². The number of nitrogens with zero attached hydrogens (tertiary/aromatic N) is 1. The zero-order chi connectivity index (χ0) is 17.6. The molecular weight excluding hydrogens is 318 g/mol. The maximum absolute atomic E-state index is 12.1. The Morgan fingerprint density at radius 3 is 2.48 bits per heavy atom. The molecule has 6 heteroatoms. The number of imidazole rings is 1. The fraction of sp³-hybridized carbons (Fsp3) is 0.263. The third-order valence-corrected chi connectivity index (χ3v) is 3.70. The number of amides is 1. The molecule has 2 aromatic carbocycles. The molecule has 0 fully saturated rings. The van der Waals surface area contributed by atoms with Crippen LogP contribution in [0.15, 0.2) is 48.5 Å². The molecule has 1 heterocycles. The van der Waals surface area contributed by atoms with E-state index < -0.39 is 0 Å². The van der Waals surface area contributed by atoms with Crippen LogP contribution in [0.5, 0.6) is 11.5 Å². The van der Waals surface area contributed by atoms with Crippen molar-refractivity contribution >= 4 is 16.9 Å². The summed E-state index contributed by atoms with van der Waals surface area (Å²) < 4.78 is 10.9. The van der Waals surface area contributed by atoms with Crippen molar-refractivity contribution < 1.29 is 14.3 Å².